The molecule has 0 radical (unpaired) electrons. The van der Waals surface area contributed by atoms with E-state index in [2.05, 4.69) is 39.8 Å². The Labute approximate surface area is 173 Å². The van der Waals surface area contributed by atoms with Crippen molar-refractivity contribution < 1.29 is 9.34 Å². The van der Waals surface area contributed by atoms with E-state index in [4.69, 9.17) is 4.42 Å². The summed E-state index contributed by atoms with van der Waals surface area (Å²) in [5.74, 6) is 0.768. The minimum absolute atomic E-state index is 0.0158. The van der Waals surface area contributed by atoms with Gasteiger partial charge in [0.1, 0.15) is 0 Å². The molecule has 1 unspecified atom stereocenters. The van der Waals surface area contributed by atoms with Crippen molar-refractivity contribution in [2.75, 3.05) is 0 Å². The van der Waals surface area contributed by atoms with Gasteiger partial charge in [0, 0.05) is 17.7 Å². The summed E-state index contributed by atoms with van der Waals surface area (Å²) < 4.78 is 5.85. The van der Waals surface area contributed by atoms with Crippen molar-refractivity contribution >= 4 is 5.69 Å². The highest BCUT2D eigenvalue weighted by Crippen LogP contribution is 2.27. The van der Waals surface area contributed by atoms with Crippen LogP contribution in [0.2, 0.25) is 0 Å². The fraction of sp³-hybridized carbons (Fsp3) is 0.130. The number of nitro groups is 1. The van der Waals surface area contributed by atoms with E-state index in [1.807, 2.05) is 43.3 Å². The molecule has 0 aliphatic heterocycles. The SMILES string of the molecule is CC(NC(c1ccccc1)c1ccccc1)c1nnc(-c2ccc([N+](=O)[O-])cc2)o1. The van der Waals surface area contributed by atoms with Gasteiger partial charge in [0.25, 0.3) is 5.69 Å². The van der Waals surface area contributed by atoms with Crippen LogP contribution in [-0.4, -0.2) is 15.1 Å². The number of benzene rings is 3. The lowest BCUT2D eigenvalue weighted by Crippen LogP contribution is -2.25. The van der Waals surface area contributed by atoms with Crippen LogP contribution in [0.5, 0.6) is 0 Å². The van der Waals surface area contributed by atoms with Crippen LogP contribution in [0.15, 0.2) is 89.3 Å². The predicted octanol–water partition coefficient (Wildman–Crippen LogP) is 5.09. The Balaban J connectivity index is 1.56. The van der Waals surface area contributed by atoms with E-state index in [1.54, 1.807) is 12.1 Å². The van der Waals surface area contributed by atoms with Crippen molar-refractivity contribution in [1.29, 1.82) is 0 Å². The van der Waals surface area contributed by atoms with Crippen LogP contribution in [0.4, 0.5) is 5.69 Å². The van der Waals surface area contributed by atoms with Gasteiger partial charge >= 0.3 is 0 Å². The molecule has 0 bridgehead atoms. The van der Waals surface area contributed by atoms with Crippen LogP contribution >= 0.6 is 0 Å². The zero-order valence-corrected chi connectivity index (χ0v) is 16.3. The van der Waals surface area contributed by atoms with Crippen molar-refractivity contribution in [3.63, 3.8) is 0 Å². The Morgan fingerprint density at radius 2 is 1.43 bits per heavy atom. The number of aromatic nitrogens is 2. The average Bonchev–Trinajstić information content (AvgIpc) is 3.29. The van der Waals surface area contributed by atoms with E-state index < -0.39 is 4.92 Å². The minimum atomic E-state index is -0.442. The number of nitro benzene ring substituents is 1. The zero-order chi connectivity index (χ0) is 20.9. The second-order valence-electron chi connectivity index (χ2n) is 6.89. The van der Waals surface area contributed by atoms with Gasteiger partial charge in [-0.15, -0.1) is 10.2 Å². The minimum Gasteiger partial charge on any atom is -0.419 e. The number of hydrogen-bond donors (Lipinski definition) is 1. The molecule has 30 heavy (non-hydrogen) atoms. The maximum atomic E-state index is 10.8. The monoisotopic (exact) mass is 400 g/mol. The van der Waals surface area contributed by atoms with Crippen molar-refractivity contribution in [1.82, 2.24) is 15.5 Å². The smallest absolute Gasteiger partial charge is 0.269 e. The van der Waals surface area contributed by atoms with E-state index in [9.17, 15) is 10.1 Å². The fourth-order valence-corrected chi connectivity index (χ4v) is 3.25. The Bertz CT molecular complexity index is 1070. The highest BCUT2D eigenvalue weighted by molar-refractivity contribution is 5.55. The maximum Gasteiger partial charge on any atom is 0.269 e. The highest BCUT2D eigenvalue weighted by atomic mass is 16.6. The van der Waals surface area contributed by atoms with Gasteiger partial charge in [-0.05, 0) is 30.2 Å². The van der Waals surface area contributed by atoms with Gasteiger partial charge in [-0.1, -0.05) is 60.7 Å². The summed E-state index contributed by atoms with van der Waals surface area (Å²) in [5.41, 5.74) is 2.91. The summed E-state index contributed by atoms with van der Waals surface area (Å²) in [5, 5.41) is 22.7. The van der Waals surface area contributed by atoms with Crippen LogP contribution in [0.1, 0.15) is 36.0 Å². The van der Waals surface area contributed by atoms with Crippen LogP contribution in [0.3, 0.4) is 0 Å². The van der Waals surface area contributed by atoms with Gasteiger partial charge in [-0.3, -0.25) is 15.4 Å². The summed E-state index contributed by atoms with van der Waals surface area (Å²) in [4.78, 5) is 10.4. The van der Waals surface area contributed by atoms with Crippen LogP contribution < -0.4 is 5.32 Å². The van der Waals surface area contributed by atoms with Crippen molar-refractivity contribution in [2.45, 2.75) is 19.0 Å². The molecule has 0 spiro atoms. The van der Waals surface area contributed by atoms with E-state index >= 15 is 0 Å². The first-order valence-electron chi connectivity index (χ1n) is 9.56. The second kappa shape index (κ2) is 8.67. The number of rotatable bonds is 7. The number of nitrogens with zero attached hydrogens (tertiary/aromatic N) is 3. The first kappa shape index (κ1) is 19.5. The van der Waals surface area contributed by atoms with E-state index in [0.29, 0.717) is 17.3 Å². The molecule has 0 aliphatic rings. The Morgan fingerprint density at radius 1 is 0.867 bits per heavy atom. The molecule has 1 aromatic heterocycles. The number of non-ortho nitro benzene ring substituents is 1. The lowest BCUT2D eigenvalue weighted by atomic mass is 9.98. The molecular formula is C23H20N4O3. The molecule has 3 aromatic carbocycles. The van der Waals surface area contributed by atoms with E-state index in [-0.39, 0.29) is 17.8 Å². The van der Waals surface area contributed by atoms with Crippen LogP contribution in [-0.2, 0) is 0 Å². The Morgan fingerprint density at radius 3 is 1.97 bits per heavy atom. The summed E-state index contributed by atoms with van der Waals surface area (Å²) in [6.45, 7) is 1.96. The van der Waals surface area contributed by atoms with Crippen molar-refractivity contribution in [2.24, 2.45) is 0 Å². The molecule has 150 valence electrons. The quantitative estimate of drug-likeness (QED) is 0.343. The third-order valence-electron chi connectivity index (χ3n) is 4.82. The van der Waals surface area contributed by atoms with Crippen LogP contribution in [0.25, 0.3) is 11.5 Å². The maximum absolute atomic E-state index is 10.8. The van der Waals surface area contributed by atoms with Gasteiger partial charge < -0.3 is 4.42 Å². The molecule has 0 aliphatic carbocycles. The summed E-state index contributed by atoms with van der Waals surface area (Å²) in [7, 11) is 0. The zero-order valence-electron chi connectivity index (χ0n) is 16.3. The van der Waals surface area contributed by atoms with Crippen LogP contribution in [0, 0.1) is 10.1 Å². The molecule has 1 atom stereocenters. The predicted molar refractivity (Wildman–Crippen MR) is 113 cm³/mol. The van der Waals surface area contributed by atoms with Gasteiger partial charge in [0.05, 0.1) is 17.0 Å². The molecule has 7 nitrogen and oxygen atoms in total. The average molecular weight is 400 g/mol. The summed E-state index contributed by atoms with van der Waals surface area (Å²) in [6.07, 6.45) is 0. The first-order chi connectivity index (χ1) is 14.6. The second-order valence-corrected chi connectivity index (χ2v) is 6.89. The standard InChI is InChI=1S/C23H20N4O3/c1-16(22-25-26-23(30-22)19-12-14-20(15-13-19)27(28)29)24-21(17-8-4-2-5-9-17)18-10-6-3-7-11-18/h2-16,21,24H,1H3. The molecule has 0 amide bonds. The summed E-state index contributed by atoms with van der Waals surface area (Å²) in [6, 6.07) is 26.1. The van der Waals surface area contributed by atoms with E-state index in [1.165, 1.54) is 12.1 Å². The van der Waals surface area contributed by atoms with Gasteiger partial charge in [-0.2, -0.15) is 0 Å². The molecule has 1 heterocycles. The molecule has 4 rings (SSSR count). The molecule has 0 saturated heterocycles. The molecule has 0 fully saturated rings. The molecular weight excluding hydrogens is 380 g/mol. The molecule has 4 aromatic rings. The van der Waals surface area contributed by atoms with E-state index in [0.717, 1.165) is 11.1 Å². The molecule has 1 N–H and O–H groups in total. The number of hydrogen-bond acceptors (Lipinski definition) is 6. The largest absolute Gasteiger partial charge is 0.419 e. The lowest BCUT2D eigenvalue weighted by Gasteiger charge is -2.22. The lowest BCUT2D eigenvalue weighted by molar-refractivity contribution is -0.384. The van der Waals surface area contributed by atoms with Crippen molar-refractivity contribution in [3.05, 3.63) is 112 Å². The van der Waals surface area contributed by atoms with Gasteiger partial charge in [0.15, 0.2) is 0 Å². The Kier molecular flexibility index (Phi) is 5.63. The third kappa shape index (κ3) is 4.26. The Hall–Kier alpha value is -3.84. The fourth-order valence-electron chi connectivity index (χ4n) is 3.25. The molecule has 0 saturated carbocycles. The highest BCUT2D eigenvalue weighted by Gasteiger charge is 2.21. The van der Waals surface area contributed by atoms with Crippen molar-refractivity contribution in [3.8, 4) is 11.5 Å². The van der Waals surface area contributed by atoms with Gasteiger partial charge in [0.2, 0.25) is 11.8 Å². The van der Waals surface area contributed by atoms with Gasteiger partial charge in [-0.25, -0.2) is 0 Å². The molecule has 7 heteroatoms. The number of nitrogens with one attached hydrogen (secondary N) is 1. The normalized spacial score (nSPS) is 12.1. The summed E-state index contributed by atoms with van der Waals surface area (Å²) >= 11 is 0. The topological polar surface area (TPSA) is 94.1 Å². The third-order valence-corrected chi connectivity index (χ3v) is 4.82. The first-order valence-corrected chi connectivity index (χ1v) is 9.56.